The Morgan fingerprint density at radius 2 is 2.08 bits per heavy atom. The van der Waals surface area contributed by atoms with Gasteiger partial charge in [-0.05, 0) is 0 Å². The first-order valence-electron chi connectivity index (χ1n) is 3.17. The fraction of sp³-hybridized carbons (Fsp3) is 0.667. The van der Waals surface area contributed by atoms with E-state index >= 15 is 0 Å². The van der Waals surface area contributed by atoms with Crippen molar-refractivity contribution in [2.45, 2.75) is 22.8 Å². The average Bonchev–Trinajstić information content (AvgIpc) is 2.17. The fourth-order valence-corrected chi connectivity index (χ4v) is 1.83. The molecule has 0 radical (unpaired) electrons. The first-order valence-corrected chi connectivity index (χ1v) is 4.04. The predicted molar refractivity (Wildman–Crippen MR) is 41.5 cm³/mol. The SMILES string of the molecule is O=C1C(Cl)CC(O)(C(=O)O)C1Cl. The van der Waals surface area contributed by atoms with Crippen LogP contribution in [0.25, 0.3) is 0 Å². The molecule has 12 heavy (non-hydrogen) atoms. The second-order valence-corrected chi connectivity index (χ2v) is 3.63. The van der Waals surface area contributed by atoms with Crippen LogP contribution in [0, 0.1) is 0 Å². The average molecular weight is 213 g/mol. The quantitative estimate of drug-likeness (QED) is 0.600. The third-order valence-corrected chi connectivity index (χ3v) is 2.78. The molecule has 0 aromatic rings. The van der Waals surface area contributed by atoms with E-state index in [0.29, 0.717) is 0 Å². The van der Waals surface area contributed by atoms with Crippen molar-refractivity contribution in [1.82, 2.24) is 0 Å². The molecule has 0 saturated heterocycles. The van der Waals surface area contributed by atoms with Gasteiger partial charge in [0.1, 0.15) is 5.38 Å². The highest BCUT2D eigenvalue weighted by Gasteiger charge is 2.56. The molecule has 2 N–H and O–H groups in total. The molecular weight excluding hydrogens is 207 g/mol. The van der Waals surface area contributed by atoms with Gasteiger partial charge >= 0.3 is 5.97 Å². The number of alkyl halides is 2. The third-order valence-electron chi connectivity index (χ3n) is 1.84. The van der Waals surface area contributed by atoms with E-state index in [0.717, 1.165) is 0 Å². The van der Waals surface area contributed by atoms with Gasteiger partial charge in [-0.25, -0.2) is 4.79 Å². The minimum atomic E-state index is -2.20. The maximum atomic E-state index is 10.9. The molecule has 6 heteroatoms. The molecule has 0 bridgehead atoms. The Morgan fingerprint density at radius 1 is 1.58 bits per heavy atom. The molecule has 0 spiro atoms. The van der Waals surface area contributed by atoms with Gasteiger partial charge in [0.15, 0.2) is 11.4 Å². The van der Waals surface area contributed by atoms with Crippen molar-refractivity contribution in [3.63, 3.8) is 0 Å². The first-order chi connectivity index (χ1) is 5.39. The van der Waals surface area contributed by atoms with Gasteiger partial charge in [0.25, 0.3) is 0 Å². The van der Waals surface area contributed by atoms with Crippen LogP contribution in [0.4, 0.5) is 0 Å². The van der Waals surface area contributed by atoms with Crippen LogP contribution < -0.4 is 0 Å². The van der Waals surface area contributed by atoms with Gasteiger partial charge < -0.3 is 10.2 Å². The molecule has 1 saturated carbocycles. The maximum Gasteiger partial charge on any atom is 0.337 e. The predicted octanol–water partition coefficient (Wildman–Crippen LogP) is -0.0103. The van der Waals surface area contributed by atoms with Crippen molar-refractivity contribution in [1.29, 1.82) is 0 Å². The van der Waals surface area contributed by atoms with Crippen LogP contribution in [0.5, 0.6) is 0 Å². The molecular formula is C6H6Cl2O4. The van der Waals surface area contributed by atoms with E-state index in [-0.39, 0.29) is 6.42 Å². The Balaban J connectivity index is 2.97. The van der Waals surface area contributed by atoms with Gasteiger partial charge in [0, 0.05) is 6.42 Å². The third kappa shape index (κ3) is 1.20. The monoisotopic (exact) mass is 212 g/mol. The minimum absolute atomic E-state index is 0.336. The number of carbonyl (C=O) groups is 2. The molecule has 3 atom stereocenters. The van der Waals surface area contributed by atoms with Gasteiger partial charge in [-0.15, -0.1) is 23.2 Å². The van der Waals surface area contributed by atoms with Gasteiger partial charge in [-0.2, -0.15) is 0 Å². The highest BCUT2D eigenvalue weighted by atomic mass is 35.5. The molecule has 1 rings (SSSR count). The largest absolute Gasteiger partial charge is 0.479 e. The van der Waals surface area contributed by atoms with E-state index in [1.54, 1.807) is 0 Å². The first kappa shape index (κ1) is 9.77. The number of aliphatic carboxylic acids is 1. The summed E-state index contributed by atoms with van der Waals surface area (Å²) in [5.74, 6) is -2.15. The normalized spacial score (nSPS) is 41.8. The Labute approximate surface area is 78.1 Å². The standard InChI is InChI=1S/C6H6Cl2O4/c7-2-1-6(12,5(10)11)4(8)3(2)9/h2,4,12H,1H2,(H,10,11). The van der Waals surface area contributed by atoms with E-state index in [1.165, 1.54) is 0 Å². The fourth-order valence-electron chi connectivity index (χ4n) is 1.07. The number of aliphatic hydroxyl groups is 1. The molecule has 0 aliphatic heterocycles. The summed E-state index contributed by atoms with van der Waals surface area (Å²) >= 11 is 10.8. The van der Waals surface area contributed by atoms with Crippen molar-refractivity contribution >= 4 is 35.0 Å². The zero-order chi connectivity index (χ0) is 9.52. The molecule has 0 aromatic carbocycles. The van der Waals surface area contributed by atoms with Crippen molar-refractivity contribution in [2.75, 3.05) is 0 Å². The summed E-state index contributed by atoms with van der Waals surface area (Å²) in [4.78, 5) is 21.4. The second kappa shape index (κ2) is 2.87. The molecule has 3 unspecified atom stereocenters. The van der Waals surface area contributed by atoms with Gasteiger partial charge in [0.2, 0.25) is 0 Å². The van der Waals surface area contributed by atoms with E-state index in [1.807, 2.05) is 0 Å². The van der Waals surface area contributed by atoms with Crippen LogP contribution in [-0.2, 0) is 9.59 Å². The van der Waals surface area contributed by atoms with Crippen molar-refractivity contribution in [2.24, 2.45) is 0 Å². The van der Waals surface area contributed by atoms with Crippen LogP contribution in [0.15, 0.2) is 0 Å². The maximum absolute atomic E-state index is 10.9. The van der Waals surface area contributed by atoms with Crippen LogP contribution in [0.1, 0.15) is 6.42 Å². The van der Waals surface area contributed by atoms with E-state index in [2.05, 4.69) is 0 Å². The molecule has 0 heterocycles. The highest BCUT2D eigenvalue weighted by Crippen LogP contribution is 2.34. The zero-order valence-corrected chi connectivity index (χ0v) is 7.34. The summed E-state index contributed by atoms with van der Waals surface area (Å²) in [6.07, 6.45) is -0.336. The molecule has 0 amide bonds. The lowest BCUT2D eigenvalue weighted by molar-refractivity contribution is -0.157. The summed E-state index contributed by atoms with van der Waals surface area (Å²) < 4.78 is 0. The number of carbonyl (C=O) groups excluding carboxylic acids is 1. The molecule has 0 aromatic heterocycles. The summed E-state index contributed by atoms with van der Waals surface area (Å²) in [5.41, 5.74) is -2.20. The molecule has 68 valence electrons. The van der Waals surface area contributed by atoms with Crippen molar-refractivity contribution < 1.29 is 19.8 Å². The molecule has 1 aliphatic carbocycles. The lowest BCUT2D eigenvalue weighted by Gasteiger charge is -2.18. The number of carboxylic acids is 1. The summed E-state index contributed by atoms with van der Waals surface area (Å²) in [6, 6.07) is 0. The molecule has 1 aliphatic rings. The van der Waals surface area contributed by atoms with Crippen LogP contribution in [0.2, 0.25) is 0 Å². The van der Waals surface area contributed by atoms with Gasteiger partial charge in [0.05, 0.1) is 5.38 Å². The summed E-state index contributed by atoms with van der Waals surface area (Å²) in [5, 5.41) is 15.4. The van der Waals surface area contributed by atoms with E-state index in [4.69, 9.17) is 28.3 Å². The number of rotatable bonds is 1. The van der Waals surface area contributed by atoms with E-state index < -0.39 is 28.1 Å². The Morgan fingerprint density at radius 3 is 2.25 bits per heavy atom. The number of halogens is 2. The smallest absolute Gasteiger partial charge is 0.337 e. The van der Waals surface area contributed by atoms with Crippen molar-refractivity contribution in [3.05, 3.63) is 0 Å². The Kier molecular flexibility index (Phi) is 2.33. The number of ketones is 1. The van der Waals surface area contributed by atoms with Gasteiger partial charge in [-0.3, -0.25) is 4.79 Å². The molecule has 1 fully saturated rings. The number of hydrogen-bond acceptors (Lipinski definition) is 3. The number of carboxylic acid groups (broad SMARTS) is 1. The minimum Gasteiger partial charge on any atom is -0.479 e. The topological polar surface area (TPSA) is 74.6 Å². The Bertz CT molecular complexity index is 242. The summed E-state index contributed by atoms with van der Waals surface area (Å²) in [7, 11) is 0. The number of hydrogen-bond donors (Lipinski definition) is 2. The van der Waals surface area contributed by atoms with E-state index in [9.17, 15) is 14.7 Å². The van der Waals surface area contributed by atoms with Crippen LogP contribution >= 0.6 is 23.2 Å². The Hall–Kier alpha value is -0.320. The van der Waals surface area contributed by atoms with Crippen molar-refractivity contribution in [3.8, 4) is 0 Å². The second-order valence-electron chi connectivity index (χ2n) is 2.67. The zero-order valence-electron chi connectivity index (χ0n) is 5.83. The van der Waals surface area contributed by atoms with Gasteiger partial charge in [-0.1, -0.05) is 0 Å². The lowest BCUT2D eigenvalue weighted by Crippen LogP contribution is -2.44. The highest BCUT2D eigenvalue weighted by molar-refractivity contribution is 6.43. The van der Waals surface area contributed by atoms with Crippen LogP contribution in [0.3, 0.4) is 0 Å². The lowest BCUT2D eigenvalue weighted by atomic mass is 10.0. The molecule has 4 nitrogen and oxygen atoms in total. The summed E-state index contributed by atoms with van der Waals surface area (Å²) in [6.45, 7) is 0. The van der Waals surface area contributed by atoms with Crippen LogP contribution in [-0.4, -0.2) is 38.3 Å². The number of Topliss-reactive ketones (excluding diaryl/α,β-unsaturated/α-hetero) is 1.